The molecule has 1 spiro atoms. The number of fused-ring (bicyclic) bond motifs is 2. The van der Waals surface area contributed by atoms with Crippen molar-refractivity contribution in [3.63, 3.8) is 0 Å². The summed E-state index contributed by atoms with van der Waals surface area (Å²) in [5, 5.41) is 4.56. The normalized spacial score (nSPS) is 19.4. The molecule has 1 saturated heterocycles. The molecule has 3 heterocycles. The maximum absolute atomic E-state index is 12.7. The van der Waals surface area contributed by atoms with Crippen molar-refractivity contribution in [2.45, 2.75) is 77.7 Å². The number of likely N-dealkylation sites (tertiary alicyclic amines) is 1. The minimum Gasteiger partial charge on any atom is -0.310 e. The molecule has 152 valence electrons. The summed E-state index contributed by atoms with van der Waals surface area (Å²) >= 11 is 0. The number of piperidine rings is 1. The van der Waals surface area contributed by atoms with Gasteiger partial charge in [0.25, 0.3) is 5.56 Å². The van der Waals surface area contributed by atoms with Gasteiger partial charge in [-0.25, -0.2) is 4.98 Å². The first kappa shape index (κ1) is 19.4. The molecule has 2 aromatic heterocycles. The van der Waals surface area contributed by atoms with Gasteiger partial charge in [-0.2, -0.15) is 5.10 Å². The molecule has 6 heteroatoms. The third-order valence-corrected chi connectivity index (χ3v) is 6.94. The summed E-state index contributed by atoms with van der Waals surface area (Å²) < 4.78 is 1.98. The smallest absolute Gasteiger partial charge is 0.254 e. The highest BCUT2D eigenvalue weighted by atomic mass is 16.1. The summed E-state index contributed by atoms with van der Waals surface area (Å²) in [6.07, 6.45) is 4.09. The van der Waals surface area contributed by atoms with Crippen molar-refractivity contribution in [2.75, 3.05) is 13.1 Å². The Morgan fingerprint density at radius 2 is 1.82 bits per heavy atom. The van der Waals surface area contributed by atoms with Crippen LogP contribution in [-0.4, -0.2) is 37.7 Å². The van der Waals surface area contributed by atoms with Crippen LogP contribution >= 0.6 is 0 Å². The molecule has 2 aliphatic rings. The third kappa shape index (κ3) is 3.11. The number of H-pyrrole nitrogens is 1. The average molecular weight is 384 g/mol. The van der Waals surface area contributed by atoms with Gasteiger partial charge in [0.2, 0.25) is 0 Å². The van der Waals surface area contributed by atoms with Gasteiger partial charge in [-0.3, -0.25) is 14.4 Å². The standard InChI is InChI=1S/C22H33N5O/c1-14-17(15(2)26(6)25-14)13-27-11-9-22(10-12-27)8-7-16-18(22)23-20(21(3,4)5)24-19(16)28/h7-13H2,1-6H3,(H,23,24,28). The van der Waals surface area contributed by atoms with Crippen molar-refractivity contribution in [1.29, 1.82) is 0 Å². The Bertz CT molecular complexity index is 955. The quantitative estimate of drug-likeness (QED) is 0.866. The highest BCUT2D eigenvalue weighted by molar-refractivity contribution is 5.34. The molecule has 0 bridgehead atoms. The Labute approximate surface area is 167 Å². The Balaban J connectivity index is 1.56. The molecular formula is C22H33N5O. The van der Waals surface area contributed by atoms with Gasteiger partial charge in [0.15, 0.2) is 0 Å². The SMILES string of the molecule is Cc1nn(C)c(C)c1CN1CCC2(CCc3c2nc(C(C)(C)C)[nH]c3=O)CC1. The molecule has 0 unspecified atom stereocenters. The molecule has 28 heavy (non-hydrogen) atoms. The van der Waals surface area contributed by atoms with E-state index in [1.165, 1.54) is 11.3 Å². The van der Waals surface area contributed by atoms with Crippen molar-refractivity contribution in [3.05, 3.63) is 44.4 Å². The molecular weight excluding hydrogens is 350 g/mol. The van der Waals surface area contributed by atoms with Crippen LogP contribution in [0.3, 0.4) is 0 Å². The fraction of sp³-hybridized carbons (Fsp3) is 0.682. The zero-order valence-electron chi connectivity index (χ0n) is 18.1. The van der Waals surface area contributed by atoms with E-state index in [4.69, 9.17) is 4.98 Å². The van der Waals surface area contributed by atoms with Crippen LogP contribution in [0, 0.1) is 13.8 Å². The van der Waals surface area contributed by atoms with Crippen LogP contribution in [0.2, 0.25) is 0 Å². The average Bonchev–Trinajstić information content (AvgIpc) is 3.09. The predicted molar refractivity (Wildman–Crippen MR) is 111 cm³/mol. The molecule has 0 radical (unpaired) electrons. The summed E-state index contributed by atoms with van der Waals surface area (Å²) in [6, 6.07) is 0. The van der Waals surface area contributed by atoms with Gasteiger partial charge in [-0.1, -0.05) is 20.8 Å². The van der Waals surface area contributed by atoms with E-state index in [1.54, 1.807) is 0 Å². The number of aryl methyl sites for hydroxylation is 2. The van der Waals surface area contributed by atoms with Gasteiger partial charge >= 0.3 is 0 Å². The van der Waals surface area contributed by atoms with E-state index in [1.807, 2.05) is 11.7 Å². The Morgan fingerprint density at radius 3 is 2.39 bits per heavy atom. The van der Waals surface area contributed by atoms with E-state index in [9.17, 15) is 4.79 Å². The van der Waals surface area contributed by atoms with Crippen molar-refractivity contribution >= 4 is 0 Å². The Hall–Kier alpha value is -1.95. The first-order valence-electron chi connectivity index (χ1n) is 10.5. The molecule has 0 saturated carbocycles. The zero-order chi connectivity index (χ0) is 20.3. The van der Waals surface area contributed by atoms with Crippen molar-refractivity contribution in [1.82, 2.24) is 24.6 Å². The van der Waals surface area contributed by atoms with Crippen LogP contribution in [0.25, 0.3) is 0 Å². The molecule has 0 aromatic carbocycles. The fourth-order valence-corrected chi connectivity index (χ4v) is 4.90. The van der Waals surface area contributed by atoms with E-state index >= 15 is 0 Å². The van der Waals surface area contributed by atoms with E-state index < -0.39 is 0 Å². The molecule has 1 N–H and O–H groups in total. The highest BCUT2D eigenvalue weighted by Gasteiger charge is 2.44. The molecule has 1 fully saturated rings. The second kappa shape index (κ2) is 6.55. The number of hydrogen-bond acceptors (Lipinski definition) is 4. The van der Waals surface area contributed by atoms with E-state index in [2.05, 4.69) is 49.6 Å². The number of nitrogens with zero attached hydrogens (tertiary/aromatic N) is 4. The van der Waals surface area contributed by atoms with Crippen LogP contribution in [0.15, 0.2) is 4.79 Å². The molecule has 1 aliphatic carbocycles. The van der Waals surface area contributed by atoms with Crippen molar-refractivity contribution < 1.29 is 0 Å². The second-order valence-corrected chi connectivity index (χ2v) is 9.82. The molecule has 2 aromatic rings. The lowest BCUT2D eigenvalue weighted by molar-refractivity contribution is 0.149. The topological polar surface area (TPSA) is 66.8 Å². The first-order chi connectivity index (χ1) is 13.1. The molecule has 1 aliphatic heterocycles. The van der Waals surface area contributed by atoms with Crippen LogP contribution in [0.1, 0.15) is 74.1 Å². The van der Waals surface area contributed by atoms with Crippen LogP contribution in [0.5, 0.6) is 0 Å². The van der Waals surface area contributed by atoms with Crippen molar-refractivity contribution in [3.8, 4) is 0 Å². The van der Waals surface area contributed by atoms with Crippen molar-refractivity contribution in [2.24, 2.45) is 7.05 Å². The Kier molecular flexibility index (Phi) is 4.53. The number of aromatic nitrogens is 4. The van der Waals surface area contributed by atoms with Crippen LogP contribution < -0.4 is 5.56 Å². The summed E-state index contributed by atoms with van der Waals surface area (Å²) in [6.45, 7) is 13.6. The van der Waals surface area contributed by atoms with E-state index in [0.29, 0.717) is 0 Å². The lowest BCUT2D eigenvalue weighted by Crippen LogP contribution is -2.42. The maximum atomic E-state index is 12.7. The number of aromatic amines is 1. The summed E-state index contributed by atoms with van der Waals surface area (Å²) in [7, 11) is 2.02. The molecule has 4 rings (SSSR count). The molecule has 6 nitrogen and oxygen atoms in total. The van der Waals surface area contributed by atoms with E-state index in [-0.39, 0.29) is 16.4 Å². The molecule has 0 amide bonds. The Morgan fingerprint density at radius 1 is 1.14 bits per heavy atom. The van der Waals surface area contributed by atoms with Crippen LogP contribution in [0.4, 0.5) is 0 Å². The monoisotopic (exact) mass is 383 g/mol. The largest absolute Gasteiger partial charge is 0.310 e. The summed E-state index contributed by atoms with van der Waals surface area (Å²) in [4.78, 5) is 23.3. The van der Waals surface area contributed by atoms with Gasteiger partial charge < -0.3 is 4.98 Å². The van der Waals surface area contributed by atoms with Gasteiger partial charge in [-0.15, -0.1) is 0 Å². The minimum absolute atomic E-state index is 0.0795. The van der Waals surface area contributed by atoms with Crippen LogP contribution in [-0.2, 0) is 30.8 Å². The second-order valence-electron chi connectivity index (χ2n) is 9.82. The van der Waals surface area contributed by atoms with Gasteiger partial charge in [0, 0.05) is 41.2 Å². The minimum atomic E-state index is -0.145. The number of nitrogens with one attached hydrogen (secondary N) is 1. The van der Waals surface area contributed by atoms with Gasteiger partial charge in [0.05, 0.1) is 11.4 Å². The van der Waals surface area contributed by atoms with E-state index in [0.717, 1.165) is 68.1 Å². The summed E-state index contributed by atoms with van der Waals surface area (Å²) in [5.74, 6) is 0.821. The third-order valence-electron chi connectivity index (χ3n) is 6.94. The fourth-order valence-electron chi connectivity index (χ4n) is 4.90. The van der Waals surface area contributed by atoms with Gasteiger partial charge in [-0.05, 0) is 52.6 Å². The number of hydrogen-bond donors (Lipinski definition) is 1. The molecule has 0 atom stereocenters. The highest BCUT2D eigenvalue weighted by Crippen LogP contribution is 2.44. The first-order valence-corrected chi connectivity index (χ1v) is 10.5. The maximum Gasteiger partial charge on any atom is 0.254 e. The lowest BCUT2D eigenvalue weighted by Gasteiger charge is -2.39. The lowest BCUT2D eigenvalue weighted by atomic mass is 9.76. The predicted octanol–water partition coefficient (Wildman–Crippen LogP) is 2.90. The number of rotatable bonds is 2. The summed E-state index contributed by atoms with van der Waals surface area (Å²) in [5.41, 5.74) is 5.79. The zero-order valence-corrected chi connectivity index (χ0v) is 18.1. The van der Waals surface area contributed by atoms with Gasteiger partial charge in [0.1, 0.15) is 5.82 Å².